The number of rotatable bonds is 8. The van der Waals surface area contributed by atoms with Crippen molar-refractivity contribution in [2.24, 2.45) is 15.9 Å². The lowest BCUT2D eigenvalue weighted by atomic mass is 9.83. The molecule has 5 nitrogen and oxygen atoms in total. The lowest BCUT2D eigenvalue weighted by Crippen LogP contribution is -2.28. The quantitative estimate of drug-likeness (QED) is 0.165. The molecule has 0 aliphatic carbocycles. The third-order valence-corrected chi connectivity index (χ3v) is 9.17. The minimum absolute atomic E-state index is 0.0326. The first-order valence-corrected chi connectivity index (χ1v) is 17.1. The molecule has 0 N–H and O–H groups in total. The topological polar surface area (TPSA) is 63.4 Å². The molecule has 50 heavy (non-hydrogen) atoms. The smallest absolute Gasteiger partial charge is 0.164 e. The Balaban J connectivity index is 1.20. The standard InChI is InChI=1S/C45H35N5/c1-2-39-40(32-18-9-4-10-19-32)46-42(47-41(39)33-20-11-5-12-21-33)35-26-28-36(29-27-35)44-48-43(34-22-13-6-14-23-34)49-45(50-44)38-25-15-24-37(30-38)31-16-7-3-8-17-31/h3-30,39-40H,2H2,1H3. The summed E-state index contributed by atoms with van der Waals surface area (Å²) in [6.45, 7) is 2.22. The van der Waals surface area contributed by atoms with E-state index in [0.717, 1.165) is 56.9 Å². The maximum atomic E-state index is 5.28. The second-order valence-electron chi connectivity index (χ2n) is 12.4. The van der Waals surface area contributed by atoms with Crippen LogP contribution in [0.15, 0.2) is 180 Å². The van der Waals surface area contributed by atoms with Crippen molar-refractivity contribution in [2.75, 3.05) is 0 Å². The number of hydrogen-bond acceptors (Lipinski definition) is 5. The summed E-state index contributed by atoms with van der Waals surface area (Å²) in [6.07, 6.45) is 0.933. The Morgan fingerprint density at radius 2 is 0.880 bits per heavy atom. The van der Waals surface area contributed by atoms with Gasteiger partial charge in [-0.05, 0) is 34.7 Å². The molecule has 5 heteroatoms. The highest BCUT2D eigenvalue weighted by molar-refractivity contribution is 6.15. The van der Waals surface area contributed by atoms with Gasteiger partial charge in [-0.3, -0.25) is 4.99 Å². The Morgan fingerprint density at radius 1 is 0.420 bits per heavy atom. The van der Waals surface area contributed by atoms with Crippen LogP contribution in [0.2, 0.25) is 0 Å². The van der Waals surface area contributed by atoms with E-state index in [9.17, 15) is 0 Å². The van der Waals surface area contributed by atoms with E-state index in [4.69, 9.17) is 24.9 Å². The van der Waals surface area contributed by atoms with E-state index in [0.29, 0.717) is 17.5 Å². The van der Waals surface area contributed by atoms with E-state index in [-0.39, 0.29) is 12.0 Å². The molecule has 1 aliphatic rings. The molecule has 2 unspecified atom stereocenters. The largest absolute Gasteiger partial charge is 0.257 e. The van der Waals surface area contributed by atoms with E-state index >= 15 is 0 Å². The van der Waals surface area contributed by atoms with E-state index < -0.39 is 0 Å². The maximum Gasteiger partial charge on any atom is 0.164 e. The van der Waals surface area contributed by atoms with Gasteiger partial charge < -0.3 is 0 Å². The zero-order valence-electron chi connectivity index (χ0n) is 27.8. The molecule has 0 bridgehead atoms. The monoisotopic (exact) mass is 645 g/mol. The van der Waals surface area contributed by atoms with Crippen molar-refractivity contribution in [2.45, 2.75) is 19.4 Å². The third-order valence-electron chi connectivity index (χ3n) is 9.17. The lowest BCUT2D eigenvalue weighted by molar-refractivity contribution is 0.532. The van der Waals surface area contributed by atoms with Crippen LogP contribution in [0, 0.1) is 5.92 Å². The van der Waals surface area contributed by atoms with Gasteiger partial charge in [-0.25, -0.2) is 19.9 Å². The summed E-state index contributed by atoms with van der Waals surface area (Å²) < 4.78 is 0. The van der Waals surface area contributed by atoms with E-state index in [1.807, 2.05) is 42.5 Å². The van der Waals surface area contributed by atoms with Crippen molar-refractivity contribution >= 4 is 11.5 Å². The zero-order valence-corrected chi connectivity index (χ0v) is 27.8. The van der Waals surface area contributed by atoms with Crippen molar-refractivity contribution in [1.29, 1.82) is 0 Å². The predicted molar refractivity (Wildman–Crippen MR) is 204 cm³/mol. The molecule has 1 aliphatic heterocycles. The van der Waals surface area contributed by atoms with Gasteiger partial charge in [0.25, 0.3) is 0 Å². The summed E-state index contributed by atoms with van der Waals surface area (Å²) in [5.41, 5.74) is 9.36. The van der Waals surface area contributed by atoms with Crippen LogP contribution >= 0.6 is 0 Å². The van der Waals surface area contributed by atoms with Crippen LogP contribution in [0.25, 0.3) is 45.3 Å². The first-order valence-electron chi connectivity index (χ1n) is 17.1. The van der Waals surface area contributed by atoms with Gasteiger partial charge in [-0.2, -0.15) is 0 Å². The molecule has 0 saturated heterocycles. The molecular weight excluding hydrogens is 611 g/mol. The lowest BCUT2D eigenvalue weighted by Gasteiger charge is -2.30. The van der Waals surface area contributed by atoms with E-state index in [1.165, 1.54) is 5.56 Å². The Kier molecular flexibility index (Phi) is 8.69. The minimum Gasteiger partial charge on any atom is -0.257 e. The molecule has 0 fully saturated rings. The molecule has 240 valence electrons. The number of amidine groups is 1. The molecule has 0 amide bonds. The van der Waals surface area contributed by atoms with Crippen LogP contribution in [0.4, 0.5) is 0 Å². The molecule has 7 aromatic rings. The second kappa shape index (κ2) is 14.0. The van der Waals surface area contributed by atoms with Gasteiger partial charge >= 0.3 is 0 Å². The van der Waals surface area contributed by atoms with Gasteiger partial charge in [0.15, 0.2) is 23.3 Å². The van der Waals surface area contributed by atoms with Gasteiger partial charge in [0.2, 0.25) is 0 Å². The number of aromatic nitrogens is 3. The zero-order chi connectivity index (χ0) is 33.7. The first kappa shape index (κ1) is 31.0. The number of benzene rings is 6. The van der Waals surface area contributed by atoms with Gasteiger partial charge in [0, 0.05) is 28.2 Å². The molecule has 0 radical (unpaired) electrons. The van der Waals surface area contributed by atoms with Crippen LogP contribution in [0.1, 0.15) is 36.1 Å². The predicted octanol–water partition coefficient (Wildman–Crippen LogP) is 10.6. The van der Waals surface area contributed by atoms with E-state index in [1.54, 1.807) is 0 Å². The van der Waals surface area contributed by atoms with Crippen LogP contribution in [0.5, 0.6) is 0 Å². The number of nitrogens with zero attached hydrogens (tertiary/aromatic N) is 5. The molecule has 8 rings (SSSR count). The molecule has 0 saturated carbocycles. The number of hydrogen-bond donors (Lipinski definition) is 0. The van der Waals surface area contributed by atoms with Gasteiger partial charge in [-0.15, -0.1) is 0 Å². The summed E-state index contributed by atoms with van der Waals surface area (Å²) in [7, 11) is 0. The summed E-state index contributed by atoms with van der Waals surface area (Å²) in [6, 6.07) is 58.1. The van der Waals surface area contributed by atoms with Crippen LogP contribution in [-0.2, 0) is 0 Å². The average molecular weight is 646 g/mol. The van der Waals surface area contributed by atoms with E-state index in [2.05, 4.69) is 134 Å². The van der Waals surface area contributed by atoms with Crippen molar-refractivity contribution < 1.29 is 0 Å². The highest BCUT2D eigenvalue weighted by Gasteiger charge is 2.31. The SMILES string of the molecule is CCC1C(c2ccccc2)=NC(c2ccc(-c3nc(-c4ccccc4)nc(-c4cccc(-c5ccccc5)c4)n3)cc2)=NC1c1ccccc1. The highest BCUT2D eigenvalue weighted by Crippen LogP contribution is 2.36. The Bertz CT molecular complexity index is 2280. The fraction of sp³-hybridized carbons (Fsp3) is 0.0889. The Hall–Kier alpha value is -6.33. The second-order valence-corrected chi connectivity index (χ2v) is 12.4. The van der Waals surface area contributed by atoms with Gasteiger partial charge in [-0.1, -0.05) is 171 Å². The summed E-state index contributed by atoms with van der Waals surface area (Å²) in [5, 5.41) is 0. The fourth-order valence-corrected chi connectivity index (χ4v) is 6.58. The first-order chi connectivity index (χ1) is 24.7. The molecule has 2 heterocycles. The van der Waals surface area contributed by atoms with Crippen molar-refractivity contribution in [3.63, 3.8) is 0 Å². The normalized spacial score (nSPS) is 15.6. The van der Waals surface area contributed by atoms with Gasteiger partial charge in [0.1, 0.15) is 0 Å². The van der Waals surface area contributed by atoms with Crippen LogP contribution < -0.4 is 0 Å². The summed E-state index contributed by atoms with van der Waals surface area (Å²) in [5.74, 6) is 2.76. The average Bonchev–Trinajstić information content (AvgIpc) is 3.21. The van der Waals surface area contributed by atoms with Crippen molar-refractivity contribution in [3.05, 3.63) is 187 Å². The third kappa shape index (κ3) is 6.41. The molecular formula is C45H35N5. The summed E-state index contributed by atoms with van der Waals surface area (Å²) in [4.78, 5) is 25.4. The highest BCUT2D eigenvalue weighted by atomic mass is 15.0. The molecule has 2 atom stereocenters. The Morgan fingerprint density at radius 3 is 1.48 bits per heavy atom. The summed E-state index contributed by atoms with van der Waals surface area (Å²) >= 11 is 0. The fourth-order valence-electron chi connectivity index (χ4n) is 6.58. The van der Waals surface area contributed by atoms with Crippen molar-refractivity contribution in [3.8, 4) is 45.3 Å². The van der Waals surface area contributed by atoms with Crippen LogP contribution in [0.3, 0.4) is 0 Å². The minimum atomic E-state index is -0.0326. The van der Waals surface area contributed by atoms with Crippen LogP contribution in [-0.4, -0.2) is 26.5 Å². The molecule has 6 aromatic carbocycles. The number of aliphatic imine (C=N–C) groups is 2. The molecule has 1 aromatic heterocycles. The maximum absolute atomic E-state index is 5.28. The molecule has 0 spiro atoms. The van der Waals surface area contributed by atoms with Crippen molar-refractivity contribution in [1.82, 2.24) is 15.0 Å². The Labute approximate surface area is 292 Å². The van der Waals surface area contributed by atoms with Gasteiger partial charge in [0.05, 0.1) is 11.8 Å².